The number of hydrogen-bond donors (Lipinski definition) is 2. The Bertz CT molecular complexity index is 799. The highest BCUT2D eigenvalue weighted by atomic mass is 35.5. The molecule has 0 fully saturated rings. The highest BCUT2D eigenvalue weighted by Crippen LogP contribution is 2.27. The lowest BCUT2D eigenvalue weighted by molar-refractivity contribution is 0.399. The maximum Gasteiger partial charge on any atom is 0.237 e. The van der Waals surface area contributed by atoms with E-state index in [9.17, 15) is 0 Å². The summed E-state index contributed by atoms with van der Waals surface area (Å²) < 4.78 is 5.31. The molecule has 0 atom stereocenters. The van der Waals surface area contributed by atoms with Gasteiger partial charge in [0, 0.05) is 35.1 Å². The van der Waals surface area contributed by atoms with E-state index >= 15 is 0 Å². The van der Waals surface area contributed by atoms with Crippen LogP contribution in [-0.4, -0.2) is 22.3 Å². The first-order valence-corrected chi connectivity index (χ1v) is 7.59. The smallest absolute Gasteiger partial charge is 0.237 e. The minimum Gasteiger partial charge on any atom is -0.480 e. The number of anilines is 1. The molecule has 0 aliphatic heterocycles. The lowest BCUT2D eigenvalue weighted by Crippen LogP contribution is -2.04. The largest absolute Gasteiger partial charge is 0.480 e. The Morgan fingerprint density at radius 3 is 2.74 bits per heavy atom. The Kier molecular flexibility index (Phi) is 4.48. The van der Waals surface area contributed by atoms with E-state index in [0.717, 1.165) is 28.1 Å². The van der Waals surface area contributed by atoms with E-state index in [4.69, 9.17) is 16.3 Å². The van der Waals surface area contributed by atoms with Crippen molar-refractivity contribution in [2.75, 3.05) is 12.4 Å². The van der Waals surface area contributed by atoms with Crippen LogP contribution in [0.5, 0.6) is 5.88 Å². The molecule has 1 aromatic carbocycles. The van der Waals surface area contributed by atoms with E-state index in [1.807, 2.05) is 43.5 Å². The molecule has 2 aromatic heterocycles. The van der Waals surface area contributed by atoms with Gasteiger partial charge in [-0.2, -0.15) is 5.10 Å². The molecule has 0 unspecified atom stereocenters. The number of nitrogens with one attached hydrogen (secondary N) is 2. The molecular weight excluding hydrogens is 312 g/mol. The minimum atomic E-state index is 0.585. The SMILES string of the molecule is COc1nccc(C)c1NCc1c[nH]nc1-c1ccc(Cl)cc1. The van der Waals surface area contributed by atoms with E-state index < -0.39 is 0 Å². The summed E-state index contributed by atoms with van der Waals surface area (Å²) in [5.74, 6) is 0.585. The van der Waals surface area contributed by atoms with Crippen LogP contribution in [-0.2, 0) is 6.54 Å². The third-order valence-electron chi connectivity index (χ3n) is 3.61. The Morgan fingerprint density at radius 2 is 2.00 bits per heavy atom. The van der Waals surface area contributed by atoms with Crippen LogP contribution in [0.1, 0.15) is 11.1 Å². The Balaban J connectivity index is 1.83. The molecule has 0 aliphatic rings. The maximum absolute atomic E-state index is 5.94. The number of rotatable bonds is 5. The third-order valence-corrected chi connectivity index (χ3v) is 3.86. The number of halogens is 1. The second-order valence-electron chi connectivity index (χ2n) is 5.13. The quantitative estimate of drug-likeness (QED) is 0.741. The van der Waals surface area contributed by atoms with Crippen molar-refractivity contribution in [2.24, 2.45) is 0 Å². The fourth-order valence-corrected chi connectivity index (χ4v) is 2.52. The highest BCUT2D eigenvalue weighted by Gasteiger charge is 2.11. The molecule has 3 aromatic rings. The van der Waals surface area contributed by atoms with Gasteiger partial charge in [-0.1, -0.05) is 23.7 Å². The number of aryl methyl sites for hydroxylation is 1. The van der Waals surface area contributed by atoms with Crippen molar-refractivity contribution in [2.45, 2.75) is 13.5 Å². The number of pyridine rings is 1. The number of H-pyrrole nitrogens is 1. The first-order valence-electron chi connectivity index (χ1n) is 7.21. The molecule has 23 heavy (non-hydrogen) atoms. The molecule has 2 N–H and O–H groups in total. The number of benzene rings is 1. The second-order valence-corrected chi connectivity index (χ2v) is 5.57. The average molecular weight is 329 g/mol. The van der Waals surface area contributed by atoms with Crippen LogP contribution in [0.2, 0.25) is 5.02 Å². The number of nitrogens with zero attached hydrogens (tertiary/aromatic N) is 2. The molecular formula is C17H17ClN4O. The zero-order valence-corrected chi connectivity index (χ0v) is 13.7. The van der Waals surface area contributed by atoms with Gasteiger partial charge in [-0.05, 0) is 30.7 Å². The van der Waals surface area contributed by atoms with Crippen molar-refractivity contribution in [3.63, 3.8) is 0 Å². The summed E-state index contributed by atoms with van der Waals surface area (Å²) in [4.78, 5) is 4.23. The lowest BCUT2D eigenvalue weighted by atomic mass is 10.1. The normalized spacial score (nSPS) is 10.6. The topological polar surface area (TPSA) is 62.8 Å². The molecule has 0 saturated heterocycles. The fourth-order valence-electron chi connectivity index (χ4n) is 2.39. The molecule has 0 bridgehead atoms. The zero-order valence-electron chi connectivity index (χ0n) is 12.9. The molecule has 0 aliphatic carbocycles. The Labute approximate surface area is 139 Å². The molecule has 0 saturated carbocycles. The monoisotopic (exact) mass is 328 g/mol. The Morgan fingerprint density at radius 1 is 1.22 bits per heavy atom. The van der Waals surface area contributed by atoms with Gasteiger partial charge in [0.1, 0.15) is 5.69 Å². The summed E-state index contributed by atoms with van der Waals surface area (Å²) in [5, 5.41) is 11.4. The van der Waals surface area contributed by atoms with Crippen molar-refractivity contribution in [3.05, 3.63) is 58.9 Å². The van der Waals surface area contributed by atoms with Gasteiger partial charge in [0.15, 0.2) is 0 Å². The van der Waals surface area contributed by atoms with Crippen molar-refractivity contribution in [3.8, 4) is 17.1 Å². The fraction of sp³-hybridized carbons (Fsp3) is 0.176. The van der Waals surface area contributed by atoms with Crippen LogP contribution in [0, 0.1) is 6.92 Å². The van der Waals surface area contributed by atoms with Gasteiger partial charge < -0.3 is 10.1 Å². The zero-order chi connectivity index (χ0) is 16.2. The highest BCUT2D eigenvalue weighted by molar-refractivity contribution is 6.30. The predicted molar refractivity (Wildman–Crippen MR) is 91.9 cm³/mol. The molecule has 5 nitrogen and oxygen atoms in total. The summed E-state index contributed by atoms with van der Waals surface area (Å²) in [6, 6.07) is 9.57. The van der Waals surface area contributed by atoms with Gasteiger partial charge in [0.25, 0.3) is 0 Å². The van der Waals surface area contributed by atoms with Gasteiger partial charge in [0.05, 0.1) is 12.8 Å². The van der Waals surface area contributed by atoms with E-state index in [-0.39, 0.29) is 0 Å². The molecule has 3 rings (SSSR count). The van der Waals surface area contributed by atoms with E-state index in [0.29, 0.717) is 17.4 Å². The summed E-state index contributed by atoms with van der Waals surface area (Å²) in [5.41, 5.74) is 4.93. The number of aromatic nitrogens is 3. The summed E-state index contributed by atoms with van der Waals surface area (Å²) in [7, 11) is 1.62. The summed E-state index contributed by atoms with van der Waals surface area (Å²) >= 11 is 5.94. The Hall–Kier alpha value is -2.53. The standard InChI is InChI=1S/C17H17ClN4O/c1-11-7-8-19-17(23-2)15(11)20-9-13-10-21-22-16(13)12-3-5-14(18)6-4-12/h3-8,10,20H,9H2,1-2H3,(H,21,22). The summed E-state index contributed by atoms with van der Waals surface area (Å²) in [6.07, 6.45) is 3.62. The van der Waals surface area contributed by atoms with Crippen LogP contribution >= 0.6 is 11.6 Å². The molecule has 2 heterocycles. The predicted octanol–water partition coefficient (Wildman–Crippen LogP) is 4.05. The van der Waals surface area contributed by atoms with Gasteiger partial charge in [-0.15, -0.1) is 0 Å². The van der Waals surface area contributed by atoms with E-state index in [2.05, 4.69) is 20.5 Å². The molecule has 0 amide bonds. The molecule has 6 heteroatoms. The van der Waals surface area contributed by atoms with Crippen molar-refractivity contribution >= 4 is 17.3 Å². The van der Waals surface area contributed by atoms with Crippen LogP contribution in [0.4, 0.5) is 5.69 Å². The van der Waals surface area contributed by atoms with Gasteiger partial charge >= 0.3 is 0 Å². The van der Waals surface area contributed by atoms with Gasteiger partial charge in [-0.25, -0.2) is 4.98 Å². The number of aromatic amines is 1. The third kappa shape index (κ3) is 3.29. The molecule has 0 spiro atoms. The van der Waals surface area contributed by atoms with Crippen LogP contribution in [0.3, 0.4) is 0 Å². The maximum atomic E-state index is 5.94. The van der Waals surface area contributed by atoms with Gasteiger partial charge in [-0.3, -0.25) is 5.10 Å². The van der Waals surface area contributed by atoms with Crippen molar-refractivity contribution < 1.29 is 4.74 Å². The first-order chi connectivity index (χ1) is 11.2. The van der Waals surface area contributed by atoms with E-state index in [1.54, 1.807) is 13.3 Å². The van der Waals surface area contributed by atoms with Crippen LogP contribution < -0.4 is 10.1 Å². The average Bonchev–Trinajstić information content (AvgIpc) is 3.02. The number of ether oxygens (including phenoxy) is 1. The van der Waals surface area contributed by atoms with Gasteiger partial charge in [0.2, 0.25) is 5.88 Å². The lowest BCUT2D eigenvalue weighted by Gasteiger charge is -2.12. The first kappa shape index (κ1) is 15.4. The van der Waals surface area contributed by atoms with Crippen molar-refractivity contribution in [1.29, 1.82) is 0 Å². The summed E-state index contributed by atoms with van der Waals surface area (Å²) in [6.45, 7) is 2.62. The minimum absolute atomic E-state index is 0.585. The van der Waals surface area contributed by atoms with Crippen molar-refractivity contribution in [1.82, 2.24) is 15.2 Å². The van der Waals surface area contributed by atoms with E-state index in [1.165, 1.54) is 0 Å². The molecule has 0 radical (unpaired) electrons. The molecule has 118 valence electrons. The number of methoxy groups -OCH3 is 1. The second kappa shape index (κ2) is 6.71. The number of hydrogen-bond acceptors (Lipinski definition) is 4. The van der Waals surface area contributed by atoms with Crippen LogP contribution in [0.15, 0.2) is 42.7 Å². The van der Waals surface area contributed by atoms with Crippen LogP contribution in [0.25, 0.3) is 11.3 Å².